The smallest absolute Gasteiger partial charge is 0.133 e. The molecule has 1 heterocycles. The van der Waals surface area contributed by atoms with E-state index in [2.05, 4.69) is 32.9 Å². The van der Waals surface area contributed by atoms with Crippen molar-refractivity contribution in [2.75, 3.05) is 0 Å². The minimum atomic E-state index is 0.422. The largest absolute Gasteiger partial charge is 0.300 e. The number of Topliss-reactive ketones (excluding diaryl/α,β-unsaturated/α-hetero) is 1. The van der Waals surface area contributed by atoms with Crippen molar-refractivity contribution < 1.29 is 4.79 Å². The van der Waals surface area contributed by atoms with Crippen molar-refractivity contribution in [1.29, 1.82) is 0 Å². The van der Waals surface area contributed by atoms with Gasteiger partial charge in [-0.1, -0.05) is 27.2 Å². The van der Waals surface area contributed by atoms with Gasteiger partial charge in [-0.3, -0.25) is 4.79 Å². The highest BCUT2D eigenvalue weighted by atomic mass is 32.1. The average molecular weight is 252 g/mol. The molecule has 0 fully saturated rings. The minimum absolute atomic E-state index is 0.422. The fourth-order valence-electron chi connectivity index (χ4n) is 2.10. The lowest BCUT2D eigenvalue weighted by Gasteiger charge is -2.08. The van der Waals surface area contributed by atoms with Crippen LogP contribution >= 0.6 is 11.3 Å². The lowest BCUT2D eigenvalue weighted by atomic mass is 9.98. The first-order chi connectivity index (χ1) is 8.15. The van der Waals surface area contributed by atoms with Crippen LogP contribution in [-0.2, 0) is 17.6 Å². The molecule has 0 aliphatic heterocycles. The Morgan fingerprint density at radius 3 is 2.59 bits per heavy atom. The van der Waals surface area contributed by atoms with Crippen molar-refractivity contribution in [3.8, 4) is 0 Å². The van der Waals surface area contributed by atoms with Crippen LogP contribution in [0.25, 0.3) is 0 Å². The molecule has 0 bridgehead atoms. The number of aryl methyl sites for hydroxylation is 1. The molecule has 1 rings (SSSR count). The van der Waals surface area contributed by atoms with Gasteiger partial charge in [-0.2, -0.15) is 0 Å². The van der Waals surface area contributed by atoms with Crippen molar-refractivity contribution in [3.05, 3.63) is 21.9 Å². The Labute approximate surface area is 109 Å². The van der Waals surface area contributed by atoms with Crippen LogP contribution in [0.1, 0.15) is 56.2 Å². The molecule has 1 atom stereocenters. The Morgan fingerprint density at radius 1 is 1.24 bits per heavy atom. The van der Waals surface area contributed by atoms with Crippen LogP contribution < -0.4 is 0 Å². The van der Waals surface area contributed by atoms with E-state index in [-0.39, 0.29) is 0 Å². The summed E-state index contributed by atoms with van der Waals surface area (Å²) in [5, 5.41) is 0. The van der Waals surface area contributed by atoms with Gasteiger partial charge < -0.3 is 0 Å². The molecule has 2 heteroatoms. The molecular formula is C15H24OS. The van der Waals surface area contributed by atoms with Crippen LogP contribution in [0.15, 0.2) is 12.1 Å². The molecule has 0 aromatic carbocycles. The summed E-state index contributed by atoms with van der Waals surface area (Å²) < 4.78 is 0. The first-order valence-corrected chi connectivity index (χ1v) is 7.56. The zero-order chi connectivity index (χ0) is 12.7. The Hall–Kier alpha value is -0.630. The molecule has 0 saturated carbocycles. The second kappa shape index (κ2) is 7.65. The molecular weight excluding hydrogens is 228 g/mol. The predicted molar refractivity (Wildman–Crippen MR) is 75.7 cm³/mol. The molecule has 0 spiro atoms. The highest BCUT2D eigenvalue weighted by Gasteiger charge is 2.10. The van der Waals surface area contributed by atoms with Crippen molar-refractivity contribution in [3.63, 3.8) is 0 Å². The van der Waals surface area contributed by atoms with E-state index in [9.17, 15) is 4.79 Å². The fraction of sp³-hybridized carbons (Fsp3) is 0.667. The summed E-state index contributed by atoms with van der Waals surface area (Å²) in [6.07, 6.45) is 5.93. The molecule has 0 aliphatic rings. The predicted octanol–water partition coefficient (Wildman–Crippen LogP) is 4.64. The number of thiophene rings is 1. The van der Waals surface area contributed by atoms with Gasteiger partial charge in [-0.25, -0.2) is 0 Å². The van der Waals surface area contributed by atoms with E-state index in [4.69, 9.17) is 0 Å². The molecule has 0 radical (unpaired) electrons. The van der Waals surface area contributed by atoms with Crippen LogP contribution in [0, 0.1) is 5.92 Å². The third-order valence-corrected chi connectivity index (χ3v) is 4.04. The number of hydrogen-bond acceptors (Lipinski definition) is 2. The molecule has 1 aromatic rings. The maximum atomic E-state index is 11.6. The highest BCUT2D eigenvalue weighted by Crippen LogP contribution is 2.22. The fourth-order valence-corrected chi connectivity index (χ4v) is 3.38. The van der Waals surface area contributed by atoms with Gasteiger partial charge in [-0.15, -0.1) is 11.3 Å². The Morgan fingerprint density at radius 2 is 1.94 bits per heavy atom. The Kier molecular flexibility index (Phi) is 6.49. The van der Waals surface area contributed by atoms with Crippen molar-refractivity contribution in [2.24, 2.45) is 5.92 Å². The third-order valence-electron chi connectivity index (χ3n) is 2.87. The zero-order valence-electron chi connectivity index (χ0n) is 11.3. The topological polar surface area (TPSA) is 17.1 Å². The summed E-state index contributed by atoms with van der Waals surface area (Å²) in [5.74, 6) is 0.910. The molecule has 1 unspecified atom stereocenters. The molecule has 96 valence electrons. The van der Waals surface area contributed by atoms with E-state index in [1.54, 1.807) is 0 Å². The maximum absolute atomic E-state index is 11.6. The number of ketones is 1. The van der Waals surface area contributed by atoms with Crippen molar-refractivity contribution in [1.82, 2.24) is 0 Å². The van der Waals surface area contributed by atoms with Gasteiger partial charge in [0.25, 0.3) is 0 Å². The van der Waals surface area contributed by atoms with Gasteiger partial charge in [0.1, 0.15) is 5.78 Å². The van der Waals surface area contributed by atoms with Crippen LogP contribution in [-0.4, -0.2) is 5.78 Å². The molecule has 0 aliphatic carbocycles. The van der Waals surface area contributed by atoms with E-state index >= 15 is 0 Å². The summed E-state index contributed by atoms with van der Waals surface area (Å²) >= 11 is 1.91. The van der Waals surface area contributed by atoms with Gasteiger partial charge in [-0.05, 0) is 37.3 Å². The van der Waals surface area contributed by atoms with E-state index in [0.717, 1.165) is 25.7 Å². The monoisotopic (exact) mass is 252 g/mol. The summed E-state index contributed by atoms with van der Waals surface area (Å²) in [7, 11) is 0. The van der Waals surface area contributed by atoms with Gasteiger partial charge in [0.05, 0.1) is 0 Å². The molecule has 0 N–H and O–H groups in total. The van der Waals surface area contributed by atoms with E-state index in [0.29, 0.717) is 11.7 Å². The second-order valence-corrected chi connectivity index (χ2v) is 6.17. The third kappa shape index (κ3) is 5.49. The van der Waals surface area contributed by atoms with E-state index in [1.807, 2.05) is 11.3 Å². The average Bonchev–Trinajstić information content (AvgIpc) is 2.66. The van der Waals surface area contributed by atoms with E-state index in [1.165, 1.54) is 22.6 Å². The van der Waals surface area contributed by atoms with Crippen LogP contribution in [0.5, 0.6) is 0 Å². The van der Waals surface area contributed by atoms with Crippen LogP contribution in [0.2, 0.25) is 0 Å². The second-order valence-electron chi connectivity index (χ2n) is 4.92. The van der Waals surface area contributed by atoms with Gasteiger partial charge in [0, 0.05) is 22.6 Å². The summed E-state index contributed by atoms with van der Waals surface area (Å²) in [5.41, 5.74) is 0. The highest BCUT2D eigenvalue weighted by molar-refractivity contribution is 7.11. The maximum Gasteiger partial charge on any atom is 0.133 e. The number of hydrogen-bond donors (Lipinski definition) is 0. The summed E-state index contributed by atoms with van der Waals surface area (Å²) in [6.45, 7) is 6.47. The van der Waals surface area contributed by atoms with E-state index < -0.39 is 0 Å². The summed E-state index contributed by atoms with van der Waals surface area (Å²) in [6, 6.07) is 4.47. The summed E-state index contributed by atoms with van der Waals surface area (Å²) in [4.78, 5) is 14.5. The molecule has 17 heavy (non-hydrogen) atoms. The first kappa shape index (κ1) is 14.4. The normalized spacial score (nSPS) is 12.6. The molecule has 0 amide bonds. The van der Waals surface area contributed by atoms with Crippen LogP contribution in [0.3, 0.4) is 0 Å². The van der Waals surface area contributed by atoms with Crippen molar-refractivity contribution >= 4 is 17.1 Å². The zero-order valence-corrected chi connectivity index (χ0v) is 12.1. The Balaban J connectivity index is 2.38. The molecule has 1 aromatic heterocycles. The quantitative estimate of drug-likeness (QED) is 0.659. The Bertz CT molecular complexity index is 340. The minimum Gasteiger partial charge on any atom is -0.300 e. The molecule has 1 nitrogen and oxygen atoms in total. The number of carbonyl (C=O) groups excluding carboxylic acids is 1. The van der Waals surface area contributed by atoms with Gasteiger partial charge in [0.15, 0.2) is 0 Å². The molecule has 0 saturated heterocycles. The lowest BCUT2D eigenvalue weighted by Crippen LogP contribution is -2.07. The van der Waals surface area contributed by atoms with Gasteiger partial charge in [0.2, 0.25) is 0 Å². The number of carbonyl (C=O) groups is 1. The first-order valence-electron chi connectivity index (χ1n) is 6.75. The van der Waals surface area contributed by atoms with Gasteiger partial charge >= 0.3 is 0 Å². The standard InChI is InChI=1S/C15H24OS/c1-4-6-13(16)10-12(3)11-15-9-8-14(17-15)7-5-2/h8-9,12H,4-7,10-11H2,1-3H3. The number of rotatable bonds is 8. The lowest BCUT2D eigenvalue weighted by molar-refractivity contribution is -0.119. The van der Waals surface area contributed by atoms with Crippen molar-refractivity contribution in [2.45, 2.75) is 59.3 Å². The van der Waals surface area contributed by atoms with Crippen LogP contribution in [0.4, 0.5) is 0 Å². The SMILES string of the molecule is CCCC(=O)CC(C)Cc1ccc(CCC)s1.